The van der Waals surface area contributed by atoms with Crippen molar-refractivity contribution in [3.05, 3.63) is 30.3 Å². The van der Waals surface area contributed by atoms with Crippen LogP contribution >= 0.6 is 0 Å². The van der Waals surface area contributed by atoms with Crippen LogP contribution in [0.3, 0.4) is 0 Å². The van der Waals surface area contributed by atoms with Crippen molar-refractivity contribution in [2.45, 2.75) is 44.6 Å². The van der Waals surface area contributed by atoms with E-state index in [1.807, 2.05) is 30.3 Å². The minimum atomic E-state index is -0.137. The van der Waals surface area contributed by atoms with Gasteiger partial charge in [-0.3, -0.25) is 4.90 Å². The van der Waals surface area contributed by atoms with Crippen LogP contribution in [0.4, 0.5) is 10.5 Å². The number of hydrogen-bond donors (Lipinski definition) is 3. The lowest BCUT2D eigenvalue weighted by atomic mass is 10.0. The van der Waals surface area contributed by atoms with Crippen molar-refractivity contribution in [1.82, 2.24) is 10.2 Å². The van der Waals surface area contributed by atoms with Crippen molar-refractivity contribution in [3.63, 3.8) is 0 Å². The summed E-state index contributed by atoms with van der Waals surface area (Å²) >= 11 is 0. The standard InChI is InChI=1S/C18H29N3O2/c22-14-8-2-6-12-21-13-7-5-11-17(21)15-19-18(23)20-16-9-3-1-4-10-16/h1,3-4,9-10,17,22H,2,5-8,11-15H2,(H2,19,20,23). The number of hydrogen-bond acceptors (Lipinski definition) is 3. The summed E-state index contributed by atoms with van der Waals surface area (Å²) in [6, 6.07) is 9.80. The summed E-state index contributed by atoms with van der Waals surface area (Å²) in [5, 5.41) is 14.7. The molecule has 128 valence electrons. The molecule has 0 radical (unpaired) electrons. The Morgan fingerprint density at radius 3 is 2.78 bits per heavy atom. The third-order valence-electron chi connectivity index (χ3n) is 4.38. The van der Waals surface area contributed by atoms with Gasteiger partial charge in [-0.05, 0) is 57.3 Å². The first-order valence-corrected chi connectivity index (χ1v) is 8.74. The van der Waals surface area contributed by atoms with Gasteiger partial charge in [-0.15, -0.1) is 0 Å². The smallest absolute Gasteiger partial charge is 0.319 e. The maximum atomic E-state index is 12.0. The summed E-state index contributed by atoms with van der Waals surface area (Å²) in [4.78, 5) is 14.5. The largest absolute Gasteiger partial charge is 0.396 e. The minimum Gasteiger partial charge on any atom is -0.396 e. The first kappa shape index (κ1) is 17.8. The normalized spacial score (nSPS) is 18.6. The van der Waals surface area contributed by atoms with E-state index in [1.54, 1.807) is 0 Å². The zero-order valence-electron chi connectivity index (χ0n) is 13.8. The number of urea groups is 1. The number of benzene rings is 1. The number of nitrogens with zero attached hydrogens (tertiary/aromatic N) is 1. The molecule has 1 fully saturated rings. The number of piperidine rings is 1. The van der Waals surface area contributed by atoms with Crippen molar-refractivity contribution in [2.75, 3.05) is 31.6 Å². The van der Waals surface area contributed by atoms with E-state index in [9.17, 15) is 4.79 Å². The molecular formula is C18H29N3O2. The van der Waals surface area contributed by atoms with Crippen molar-refractivity contribution >= 4 is 11.7 Å². The van der Waals surface area contributed by atoms with Gasteiger partial charge in [0.05, 0.1) is 0 Å². The first-order valence-electron chi connectivity index (χ1n) is 8.74. The van der Waals surface area contributed by atoms with Gasteiger partial charge in [-0.2, -0.15) is 0 Å². The zero-order chi connectivity index (χ0) is 16.3. The number of likely N-dealkylation sites (tertiary alicyclic amines) is 1. The molecule has 1 aliphatic rings. The number of aliphatic hydroxyl groups excluding tert-OH is 1. The van der Waals surface area contributed by atoms with E-state index in [4.69, 9.17) is 5.11 Å². The number of para-hydroxylation sites is 1. The summed E-state index contributed by atoms with van der Waals surface area (Å²) in [5.74, 6) is 0. The molecule has 0 aromatic heterocycles. The van der Waals surface area contributed by atoms with Crippen LogP contribution in [0.25, 0.3) is 0 Å². The Kier molecular flexibility index (Phi) is 7.90. The lowest BCUT2D eigenvalue weighted by molar-refractivity contribution is 0.143. The monoisotopic (exact) mass is 319 g/mol. The second-order valence-corrected chi connectivity index (χ2v) is 6.17. The number of unbranched alkanes of at least 4 members (excludes halogenated alkanes) is 2. The second kappa shape index (κ2) is 10.2. The van der Waals surface area contributed by atoms with Gasteiger partial charge in [-0.1, -0.05) is 24.6 Å². The Bertz CT molecular complexity index is 453. The van der Waals surface area contributed by atoms with Crippen LogP contribution in [-0.4, -0.2) is 48.3 Å². The molecule has 5 heteroatoms. The number of nitrogens with one attached hydrogen (secondary N) is 2. The summed E-state index contributed by atoms with van der Waals surface area (Å²) < 4.78 is 0. The number of carbonyl (C=O) groups is 1. The zero-order valence-corrected chi connectivity index (χ0v) is 13.8. The molecule has 0 spiro atoms. The summed E-state index contributed by atoms with van der Waals surface area (Å²) in [5.41, 5.74) is 0.814. The van der Waals surface area contributed by atoms with E-state index in [0.29, 0.717) is 12.6 Å². The first-order chi connectivity index (χ1) is 11.3. The molecule has 0 saturated carbocycles. The van der Waals surface area contributed by atoms with Gasteiger partial charge >= 0.3 is 6.03 Å². The highest BCUT2D eigenvalue weighted by Gasteiger charge is 2.22. The van der Waals surface area contributed by atoms with Gasteiger partial charge < -0.3 is 15.7 Å². The van der Waals surface area contributed by atoms with Crippen LogP contribution in [0.15, 0.2) is 30.3 Å². The van der Waals surface area contributed by atoms with E-state index in [0.717, 1.165) is 44.5 Å². The van der Waals surface area contributed by atoms with E-state index >= 15 is 0 Å². The SMILES string of the molecule is O=C(NCC1CCCCN1CCCCCO)Nc1ccccc1. The maximum absolute atomic E-state index is 12.0. The highest BCUT2D eigenvalue weighted by Crippen LogP contribution is 2.17. The van der Waals surface area contributed by atoms with E-state index in [-0.39, 0.29) is 12.6 Å². The molecule has 1 atom stereocenters. The number of rotatable bonds is 8. The summed E-state index contributed by atoms with van der Waals surface area (Å²) in [6.45, 7) is 3.15. The Morgan fingerprint density at radius 2 is 2.00 bits per heavy atom. The van der Waals surface area contributed by atoms with Crippen molar-refractivity contribution in [3.8, 4) is 0 Å². The lowest BCUT2D eigenvalue weighted by Gasteiger charge is -2.35. The van der Waals surface area contributed by atoms with E-state index < -0.39 is 0 Å². The van der Waals surface area contributed by atoms with Crippen LogP contribution in [0.5, 0.6) is 0 Å². The maximum Gasteiger partial charge on any atom is 0.319 e. The molecular weight excluding hydrogens is 290 g/mol. The van der Waals surface area contributed by atoms with Gasteiger partial charge in [0, 0.05) is 24.9 Å². The van der Waals surface area contributed by atoms with Crippen LogP contribution < -0.4 is 10.6 Å². The van der Waals surface area contributed by atoms with Crippen LogP contribution in [0.2, 0.25) is 0 Å². The molecule has 1 heterocycles. The van der Waals surface area contributed by atoms with Gasteiger partial charge in [-0.25, -0.2) is 4.79 Å². The van der Waals surface area contributed by atoms with E-state index in [2.05, 4.69) is 15.5 Å². The summed E-state index contributed by atoms with van der Waals surface area (Å²) in [6.07, 6.45) is 6.70. The van der Waals surface area contributed by atoms with Crippen molar-refractivity contribution in [1.29, 1.82) is 0 Å². The van der Waals surface area contributed by atoms with Crippen molar-refractivity contribution < 1.29 is 9.90 Å². The molecule has 1 aliphatic heterocycles. The fourth-order valence-corrected chi connectivity index (χ4v) is 3.10. The topological polar surface area (TPSA) is 64.6 Å². The van der Waals surface area contributed by atoms with Gasteiger partial charge in [0.15, 0.2) is 0 Å². The molecule has 0 bridgehead atoms. The Labute approximate surface area is 139 Å². The molecule has 5 nitrogen and oxygen atoms in total. The predicted octanol–water partition coefficient (Wildman–Crippen LogP) is 2.83. The minimum absolute atomic E-state index is 0.137. The molecule has 2 rings (SSSR count). The highest BCUT2D eigenvalue weighted by molar-refractivity contribution is 5.89. The fourth-order valence-electron chi connectivity index (χ4n) is 3.10. The number of aliphatic hydroxyl groups is 1. The Hall–Kier alpha value is -1.59. The van der Waals surface area contributed by atoms with Crippen LogP contribution in [0.1, 0.15) is 38.5 Å². The van der Waals surface area contributed by atoms with Gasteiger partial charge in [0.1, 0.15) is 0 Å². The van der Waals surface area contributed by atoms with E-state index in [1.165, 1.54) is 12.8 Å². The predicted molar refractivity (Wildman–Crippen MR) is 93.6 cm³/mol. The fraction of sp³-hybridized carbons (Fsp3) is 0.611. The van der Waals surface area contributed by atoms with Gasteiger partial charge in [0.2, 0.25) is 0 Å². The number of anilines is 1. The molecule has 2 amide bonds. The molecule has 1 aromatic rings. The third-order valence-corrected chi connectivity index (χ3v) is 4.38. The third kappa shape index (κ3) is 6.59. The molecule has 1 unspecified atom stereocenters. The highest BCUT2D eigenvalue weighted by atomic mass is 16.2. The Balaban J connectivity index is 1.72. The van der Waals surface area contributed by atoms with Crippen molar-refractivity contribution in [2.24, 2.45) is 0 Å². The quantitative estimate of drug-likeness (QED) is 0.646. The number of carbonyl (C=O) groups excluding carboxylic acids is 1. The van der Waals surface area contributed by atoms with Crippen LogP contribution in [0, 0.1) is 0 Å². The average Bonchev–Trinajstić information content (AvgIpc) is 2.59. The number of amides is 2. The second-order valence-electron chi connectivity index (χ2n) is 6.17. The molecule has 23 heavy (non-hydrogen) atoms. The molecule has 1 aromatic carbocycles. The van der Waals surface area contributed by atoms with Gasteiger partial charge in [0.25, 0.3) is 0 Å². The average molecular weight is 319 g/mol. The lowest BCUT2D eigenvalue weighted by Crippen LogP contribution is -2.47. The Morgan fingerprint density at radius 1 is 1.17 bits per heavy atom. The molecule has 3 N–H and O–H groups in total. The summed E-state index contributed by atoms with van der Waals surface area (Å²) in [7, 11) is 0. The molecule has 0 aliphatic carbocycles. The molecule has 1 saturated heterocycles. The van der Waals surface area contributed by atoms with Crippen LogP contribution in [-0.2, 0) is 0 Å².